The van der Waals surface area contributed by atoms with Gasteiger partial charge in [0.15, 0.2) is 24.0 Å². The van der Waals surface area contributed by atoms with E-state index >= 15 is 0 Å². The lowest BCUT2D eigenvalue weighted by atomic mass is 10.1. The fraction of sp³-hybridized carbons (Fsp3) is 0.345. The number of ether oxygens (including phenoxy) is 1. The lowest BCUT2D eigenvalue weighted by molar-refractivity contribution is -0.134. The number of β-amino-alcohol motifs (C(OH)–C–C–N with tert-alkyl or cyclic N) is 1. The highest BCUT2D eigenvalue weighted by atomic mass is 35.5. The average molecular weight is 628 g/mol. The van der Waals surface area contributed by atoms with E-state index in [4.69, 9.17) is 21.6 Å². The van der Waals surface area contributed by atoms with Gasteiger partial charge in [0.1, 0.15) is 6.07 Å². The fourth-order valence-electron chi connectivity index (χ4n) is 5.20. The zero-order valence-corrected chi connectivity index (χ0v) is 24.3. The van der Waals surface area contributed by atoms with Gasteiger partial charge in [-0.1, -0.05) is 11.6 Å². The molecule has 2 aliphatic rings. The summed E-state index contributed by atoms with van der Waals surface area (Å²) in [5.74, 6) is -4.08. The van der Waals surface area contributed by atoms with Crippen molar-refractivity contribution in [2.24, 2.45) is 7.05 Å². The van der Waals surface area contributed by atoms with Gasteiger partial charge in [-0.05, 0) is 36.8 Å². The molecule has 0 aliphatic carbocycles. The molecule has 0 saturated carbocycles. The van der Waals surface area contributed by atoms with Gasteiger partial charge in [0, 0.05) is 51.0 Å². The first-order valence-electron chi connectivity index (χ1n) is 13.7. The molecule has 5 rings (SSSR count). The number of hydrogen-bond donors (Lipinski definition) is 3. The van der Waals surface area contributed by atoms with Crippen LogP contribution in [-0.4, -0.2) is 93.7 Å². The normalized spacial score (nSPS) is 18.2. The fourth-order valence-corrected chi connectivity index (χ4v) is 5.46. The summed E-state index contributed by atoms with van der Waals surface area (Å²) in [5.41, 5.74) is 0.463. The molecule has 12 nitrogen and oxygen atoms in total. The molecule has 3 N–H and O–H groups in total. The van der Waals surface area contributed by atoms with Gasteiger partial charge < -0.3 is 34.8 Å². The largest absolute Gasteiger partial charge is 0.476 e. The van der Waals surface area contributed by atoms with Crippen molar-refractivity contribution in [2.45, 2.75) is 18.6 Å². The molecule has 3 aromatic rings. The van der Waals surface area contributed by atoms with Crippen molar-refractivity contribution < 1.29 is 33.0 Å². The quantitative estimate of drug-likeness (QED) is 0.360. The van der Waals surface area contributed by atoms with Crippen LogP contribution >= 0.6 is 11.6 Å². The summed E-state index contributed by atoms with van der Waals surface area (Å²) in [6.07, 6.45) is 1.04. The number of nitriles is 1. The van der Waals surface area contributed by atoms with E-state index in [0.29, 0.717) is 39.1 Å². The van der Waals surface area contributed by atoms with E-state index in [2.05, 4.69) is 15.6 Å². The van der Waals surface area contributed by atoms with Crippen molar-refractivity contribution in [3.05, 3.63) is 64.6 Å². The third kappa shape index (κ3) is 6.21. The van der Waals surface area contributed by atoms with E-state index in [-0.39, 0.29) is 45.2 Å². The van der Waals surface area contributed by atoms with Crippen molar-refractivity contribution in [1.82, 2.24) is 24.7 Å². The second kappa shape index (κ2) is 13.0. The molecule has 2 aromatic carbocycles. The molecule has 230 valence electrons. The van der Waals surface area contributed by atoms with Crippen LogP contribution in [0.3, 0.4) is 0 Å². The Balaban J connectivity index is 1.22. The smallest absolute Gasteiger partial charge is 0.291 e. The molecule has 0 spiro atoms. The molecular formula is C29H28ClF2N7O5. The highest BCUT2D eigenvalue weighted by molar-refractivity contribution is 6.34. The average Bonchev–Trinajstić information content (AvgIpc) is 3.62. The number of halogens is 3. The number of anilines is 1. The number of carbonyl (C=O) groups is 3. The number of carbonyl (C=O) groups excluding carboxylic acids is 3. The van der Waals surface area contributed by atoms with Crippen molar-refractivity contribution in [1.29, 1.82) is 5.26 Å². The van der Waals surface area contributed by atoms with E-state index < -0.39 is 42.0 Å². The summed E-state index contributed by atoms with van der Waals surface area (Å²) >= 11 is 6.42. The minimum atomic E-state index is -1.27. The highest BCUT2D eigenvalue weighted by Crippen LogP contribution is 2.30. The van der Waals surface area contributed by atoms with E-state index in [1.807, 2.05) is 0 Å². The van der Waals surface area contributed by atoms with E-state index in [9.17, 15) is 28.3 Å². The zero-order valence-electron chi connectivity index (χ0n) is 23.5. The number of imidazole rings is 1. The van der Waals surface area contributed by atoms with Crippen LogP contribution in [0, 0.1) is 23.0 Å². The number of aromatic nitrogens is 2. The van der Waals surface area contributed by atoms with Crippen LogP contribution in [0.2, 0.25) is 5.02 Å². The summed E-state index contributed by atoms with van der Waals surface area (Å²) in [4.78, 5) is 46.2. The van der Waals surface area contributed by atoms with Crippen molar-refractivity contribution >= 4 is 35.0 Å². The third-order valence-electron chi connectivity index (χ3n) is 7.55. The summed E-state index contributed by atoms with van der Waals surface area (Å²) < 4.78 is 35.4. The van der Waals surface area contributed by atoms with Crippen LogP contribution in [-0.2, 0) is 11.8 Å². The number of nitrogens with zero attached hydrogens (tertiary/aromatic N) is 5. The maximum Gasteiger partial charge on any atom is 0.291 e. The topological polar surface area (TPSA) is 153 Å². The van der Waals surface area contributed by atoms with Gasteiger partial charge in [-0.2, -0.15) is 9.65 Å². The van der Waals surface area contributed by atoms with E-state index in [0.717, 1.165) is 0 Å². The predicted molar refractivity (Wildman–Crippen MR) is 154 cm³/mol. The second-order valence-corrected chi connectivity index (χ2v) is 10.7. The number of benzene rings is 2. The van der Waals surface area contributed by atoms with Gasteiger partial charge in [-0.25, -0.2) is 9.37 Å². The molecule has 0 unspecified atom stereocenters. The number of nitrogens with one attached hydrogen (secondary N) is 2. The summed E-state index contributed by atoms with van der Waals surface area (Å²) in [6.45, 7) is 1.27. The monoisotopic (exact) mass is 627 g/mol. The first-order chi connectivity index (χ1) is 21.1. The molecule has 2 fully saturated rings. The zero-order chi connectivity index (χ0) is 31.5. The summed E-state index contributed by atoms with van der Waals surface area (Å²) in [5, 5.41) is 24.0. The summed E-state index contributed by atoms with van der Waals surface area (Å²) in [7, 11) is 1.46. The Morgan fingerprint density at radius 2 is 1.89 bits per heavy atom. The Labute approximate surface area is 255 Å². The van der Waals surface area contributed by atoms with Crippen molar-refractivity contribution in [2.75, 3.05) is 44.6 Å². The number of piperazine rings is 1. The maximum absolute atomic E-state index is 14.8. The molecule has 2 atom stereocenters. The summed E-state index contributed by atoms with van der Waals surface area (Å²) in [6, 6.07) is 8.11. The predicted octanol–water partition coefficient (Wildman–Crippen LogP) is 2.18. The SMILES string of the molecule is Cn1c(-c2ccc(OCC#N)c(F)c2F)cnc1C(=O)Nc1ccc(C(=O)N2CCN(C(=O)[C@@H]3C[C@@H](O)CN3)CC2)c(Cl)c1. The maximum atomic E-state index is 14.8. The minimum absolute atomic E-state index is 0.0941. The van der Waals surface area contributed by atoms with Gasteiger partial charge >= 0.3 is 0 Å². The number of aliphatic hydroxyl groups excluding tert-OH is 1. The van der Waals surface area contributed by atoms with Crippen LogP contribution in [0.15, 0.2) is 36.5 Å². The number of hydrogen-bond acceptors (Lipinski definition) is 8. The minimum Gasteiger partial charge on any atom is -0.476 e. The molecule has 3 heterocycles. The van der Waals surface area contributed by atoms with Crippen LogP contribution in [0.1, 0.15) is 27.4 Å². The van der Waals surface area contributed by atoms with Crippen LogP contribution in [0.5, 0.6) is 5.75 Å². The standard InChI is InChI=1S/C29H28ClF2N7O5/c1-37-22(19-4-5-23(44-11-6-33)25(32)24(19)31)15-35-26(37)27(41)36-16-2-3-18(20(30)12-16)28(42)38-7-9-39(10-8-38)29(43)21-13-17(40)14-34-21/h2-5,12,15,17,21,34,40H,7-11,13-14H2,1H3,(H,36,41)/t17-,21+/m1/s1. The van der Waals surface area contributed by atoms with Crippen LogP contribution in [0.25, 0.3) is 11.3 Å². The molecule has 0 radical (unpaired) electrons. The number of amides is 3. The molecule has 44 heavy (non-hydrogen) atoms. The number of aliphatic hydroxyl groups is 1. The Bertz CT molecular complexity index is 1650. The van der Waals surface area contributed by atoms with Gasteiger partial charge in [0.25, 0.3) is 11.8 Å². The molecule has 2 saturated heterocycles. The van der Waals surface area contributed by atoms with Crippen LogP contribution in [0.4, 0.5) is 14.5 Å². The molecule has 3 amide bonds. The lowest BCUT2D eigenvalue weighted by Crippen LogP contribution is -2.54. The third-order valence-corrected chi connectivity index (χ3v) is 7.86. The second-order valence-electron chi connectivity index (χ2n) is 10.3. The first kappa shape index (κ1) is 30.9. The highest BCUT2D eigenvalue weighted by Gasteiger charge is 2.34. The Kier molecular flexibility index (Phi) is 9.09. The molecule has 0 bridgehead atoms. The first-order valence-corrected chi connectivity index (χ1v) is 14.1. The Morgan fingerprint density at radius 3 is 2.55 bits per heavy atom. The lowest BCUT2D eigenvalue weighted by Gasteiger charge is -2.36. The molecule has 15 heteroatoms. The van der Waals surface area contributed by atoms with Crippen LogP contribution < -0.4 is 15.4 Å². The molecule has 1 aromatic heterocycles. The Morgan fingerprint density at radius 1 is 1.16 bits per heavy atom. The van der Waals surface area contributed by atoms with Gasteiger partial charge in [-0.3, -0.25) is 14.4 Å². The molecular weight excluding hydrogens is 600 g/mol. The molecule has 2 aliphatic heterocycles. The van der Waals surface area contributed by atoms with E-state index in [1.165, 1.54) is 48.1 Å². The number of rotatable bonds is 7. The Hall–Kier alpha value is -4.58. The van der Waals surface area contributed by atoms with Crippen molar-refractivity contribution in [3.8, 4) is 23.1 Å². The van der Waals surface area contributed by atoms with Gasteiger partial charge in [-0.15, -0.1) is 0 Å². The van der Waals surface area contributed by atoms with Crippen molar-refractivity contribution in [3.63, 3.8) is 0 Å². The van der Waals surface area contributed by atoms with Gasteiger partial charge in [0.2, 0.25) is 11.7 Å². The van der Waals surface area contributed by atoms with Gasteiger partial charge in [0.05, 0.1) is 34.6 Å². The van der Waals surface area contributed by atoms with E-state index in [1.54, 1.807) is 15.9 Å².